The molecule has 0 bridgehead atoms. The lowest BCUT2D eigenvalue weighted by atomic mass is 9.89. The lowest BCUT2D eigenvalue weighted by Gasteiger charge is -2.36. The van der Waals surface area contributed by atoms with Crippen LogP contribution in [0, 0.1) is 5.82 Å². The summed E-state index contributed by atoms with van der Waals surface area (Å²) >= 11 is 5.70. The quantitative estimate of drug-likeness (QED) is 0.875. The highest BCUT2D eigenvalue weighted by molar-refractivity contribution is 6.31. The van der Waals surface area contributed by atoms with Gasteiger partial charge < -0.3 is 10.1 Å². The van der Waals surface area contributed by atoms with Crippen LogP contribution in [0.2, 0.25) is 5.02 Å². The third-order valence-electron chi connectivity index (χ3n) is 2.79. The molecule has 2 nitrogen and oxygen atoms in total. The predicted molar refractivity (Wildman–Crippen MR) is 63.5 cm³/mol. The summed E-state index contributed by atoms with van der Waals surface area (Å²) in [5.74, 6) is -0.381. The summed E-state index contributed by atoms with van der Waals surface area (Å²) in [4.78, 5) is 0. The number of benzene rings is 1. The van der Waals surface area contributed by atoms with Crippen LogP contribution < -0.4 is 5.32 Å². The van der Waals surface area contributed by atoms with Crippen molar-refractivity contribution in [2.45, 2.75) is 31.9 Å². The zero-order valence-electron chi connectivity index (χ0n) is 9.17. The average Bonchev–Trinajstić information content (AvgIpc) is 2.20. The van der Waals surface area contributed by atoms with Crippen molar-refractivity contribution < 1.29 is 9.13 Å². The van der Waals surface area contributed by atoms with Crippen LogP contribution in [-0.2, 0) is 4.74 Å². The van der Waals surface area contributed by atoms with Gasteiger partial charge in [-0.15, -0.1) is 0 Å². The second kappa shape index (κ2) is 5.02. The number of nitrogens with one attached hydrogen (secondary N) is 1. The Morgan fingerprint density at radius 1 is 1.50 bits per heavy atom. The van der Waals surface area contributed by atoms with E-state index in [0.29, 0.717) is 12.1 Å². The molecule has 1 N–H and O–H groups in total. The molecule has 2 rings (SSSR count). The molecule has 4 heteroatoms. The van der Waals surface area contributed by atoms with Crippen molar-refractivity contribution in [1.29, 1.82) is 0 Å². The van der Waals surface area contributed by atoms with Crippen LogP contribution in [0.5, 0.6) is 0 Å². The van der Waals surface area contributed by atoms with Crippen molar-refractivity contribution in [2.75, 3.05) is 11.9 Å². The van der Waals surface area contributed by atoms with Crippen molar-refractivity contribution in [1.82, 2.24) is 0 Å². The number of rotatable bonds is 4. The van der Waals surface area contributed by atoms with Gasteiger partial charge >= 0.3 is 0 Å². The lowest BCUT2D eigenvalue weighted by molar-refractivity contribution is 0.00299. The van der Waals surface area contributed by atoms with E-state index in [1.54, 1.807) is 12.1 Å². The highest BCUT2D eigenvalue weighted by Crippen LogP contribution is 2.28. The van der Waals surface area contributed by atoms with Crippen molar-refractivity contribution in [3.05, 3.63) is 29.0 Å². The van der Waals surface area contributed by atoms with E-state index in [2.05, 4.69) is 5.32 Å². The number of ether oxygens (including phenoxy) is 1. The van der Waals surface area contributed by atoms with Gasteiger partial charge in [0.25, 0.3) is 0 Å². The Bertz CT molecular complexity index is 366. The fraction of sp³-hybridized carbons (Fsp3) is 0.500. The Hall–Kier alpha value is -0.800. The van der Waals surface area contributed by atoms with Crippen LogP contribution in [-0.4, -0.2) is 18.8 Å². The van der Waals surface area contributed by atoms with Crippen LogP contribution >= 0.6 is 11.6 Å². The fourth-order valence-electron chi connectivity index (χ4n) is 1.88. The Labute approximate surface area is 99.7 Å². The van der Waals surface area contributed by atoms with Gasteiger partial charge in [-0.05, 0) is 38.0 Å². The van der Waals surface area contributed by atoms with Gasteiger partial charge in [0.1, 0.15) is 5.82 Å². The van der Waals surface area contributed by atoms with E-state index in [0.717, 1.165) is 25.1 Å². The summed E-state index contributed by atoms with van der Waals surface area (Å²) in [6.45, 7) is 2.76. The minimum absolute atomic E-state index is 0.158. The van der Waals surface area contributed by atoms with Crippen LogP contribution in [0.3, 0.4) is 0 Å². The molecule has 0 atom stereocenters. The Balaban J connectivity index is 1.84. The number of hydrogen-bond acceptors (Lipinski definition) is 2. The van der Waals surface area contributed by atoms with E-state index in [-0.39, 0.29) is 10.8 Å². The maximum atomic E-state index is 12.9. The zero-order valence-corrected chi connectivity index (χ0v) is 9.93. The van der Waals surface area contributed by atoms with Crippen molar-refractivity contribution >= 4 is 17.3 Å². The third-order valence-corrected chi connectivity index (χ3v) is 3.08. The van der Waals surface area contributed by atoms with Crippen molar-refractivity contribution in [3.8, 4) is 0 Å². The van der Waals surface area contributed by atoms with E-state index < -0.39 is 0 Å². The van der Waals surface area contributed by atoms with Crippen molar-refractivity contribution in [3.63, 3.8) is 0 Å². The highest BCUT2D eigenvalue weighted by atomic mass is 35.5. The molecular formula is C12H15ClFNO. The SMILES string of the molecule is CCOC1CC(Nc2ccc(F)c(Cl)c2)C1. The van der Waals surface area contributed by atoms with E-state index in [4.69, 9.17) is 16.3 Å². The number of anilines is 1. The first-order valence-corrected chi connectivity index (χ1v) is 5.90. The minimum atomic E-state index is -0.381. The first-order chi connectivity index (χ1) is 7.69. The summed E-state index contributed by atoms with van der Waals surface area (Å²) in [6.07, 6.45) is 2.38. The minimum Gasteiger partial charge on any atom is -0.382 e. The predicted octanol–water partition coefficient (Wildman–Crippen LogP) is 3.46. The van der Waals surface area contributed by atoms with Crippen LogP contribution in [0.1, 0.15) is 19.8 Å². The van der Waals surface area contributed by atoms with Gasteiger partial charge in [-0.25, -0.2) is 4.39 Å². The summed E-state index contributed by atoms with van der Waals surface area (Å²) in [5, 5.41) is 3.46. The molecule has 1 aliphatic rings. The summed E-state index contributed by atoms with van der Waals surface area (Å²) in [6, 6.07) is 5.11. The molecule has 1 aromatic rings. The average molecular weight is 244 g/mol. The molecule has 0 spiro atoms. The standard InChI is InChI=1S/C12H15ClFNO/c1-2-16-10-5-9(6-10)15-8-3-4-12(14)11(13)7-8/h3-4,7,9-10,15H,2,5-6H2,1H3. The van der Waals surface area contributed by atoms with Crippen LogP contribution in [0.25, 0.3) is 0 Å². The second-order valence-corrected chi connectivity index (χ2v) is 4.43. The molecule has 1 saturated carbocycles. The van der Waals surface area contributed by atoms with Gasteiger partial charge in [-0.3, -0.25) is 0 Å². The van der Waals surface area contributed by atoms with Gasteiger partial charge in [0.15, 0.2) is 0 Å². The van der Waals surface area contributed by atoms with E-state index in [1.165, 1.54) is 6.07 Å². The zero-order chi connectivity index (χ0) is 11.5. The normalized spacial score (nSPS) is 23.9. The van der Waals surface area contributed by atoms with Gasteiger partial charge in [0.2, 0.25) is 0 Å². The molecular weight excluding hydrogens is 229 g/mol. The molecule has 1 fully saturated rings. The summed E-state index contributed by atoms with van der Waals surface area (Å²) in [5.41, 5.74) is 0.867. The molecule has 88 valence electrons. The Morgan fingerprint density at radius 2 is 2.25 bits per heavy atom. The fourth-order valence-corrected chi connectivity index (χ4v) is 2.06. The van der Waals surface area contributed by atoms with Gasteiger partial charge in [0, 0.05) is 18.3 Å². The molecule has 0 radical (unpaired) electrons. The maximum Gasteiger partial charge on any atom is 0.141 e. The largest absolute Gasteiger partial charge is 0.382 e. The number of hydrogen-bond donors (Lipinski definition) is 1. The topological polar surface area (TPSA) is 21.3 Å². The van der Waals surface area contributed by atoms with Crippen LogP contribution in [0.4, 0.5) is 10.1 Å². The summed E-state index contributed by atoms with van der Waals surface area (Å²) in [7, 11) is 0. The molecule has 0 aliphatic heterocycles. The Morgan fingerprint density at radius 3 is 2.88 bits per heavy atom. The smallest absolute Gasteiger partial charge is 0.141 e. The van der Waals surface area contributed by atoms with E-state index in [1.807, 2.05) is 6.92 Å². The van der Waals surface area contributed by atoms with Gasteiger partial charge in [-0.1, -0.05) is 11.6 Å². The van der Waals surface area contributed by atoms with Gasteiger partial charge in [0.05, 0.1) is 11.1 Å². The van der Waals surface area contributed by atoms with E-state index >= 15 is 0 Å². The Kier molecular flexibility index (Phi) is 3.66. The van der Waals surface area contributed by atoms with E-state index in [9.17, 15) is 4.39 Å². The molecule has 16 heavy (non-hydrogen) atoms. The summed E-state index contributed by atoms with van der Waals surface area (Å²) < 4.78 is 18.4. The van der Waals surface area contributed by atoms with Gasteiger partial charge in [-0.2, -0.15) is 0 Å². The first kappa shape index (κ1) is 11.7. The lowest BCUT2D eigenvalue weighted by Crippen LogP contribution is -2.40. The second-order valence-electron chi connectivity index (χ2n) is 4.02. The molecule has 0 heterocycles. The monoisotopic (exact) mass is 243 g/mol. The third kappa shape index (κ3) is 2.66. The molecule has 1 aromatic carbocycles. The molecule has 1 aliphatic carbocycles. The number of halogens is 2. The molecule has 0 aromatic heterocycles. The maximum absolute atomic E-state index is 12.9. The molecule has 0 unspecified atom stereocenters. The highest BCUT2D eigenvalue weighted by Gasteiger charge is 2.29. The molecule has 0 saturated heterocycles. The first-order valence-electron chi connectivity index (χ1n) is 5.52. The van der Waals surface area contributed by atoms with Crippen molar-refractivity contribution in [2.24, 2.45) is 0 Å². The molecule has 0 amide bonds. The van der Waals surface area contributed by atoms with Crippen LogP contribution in [0.15, 0.2) is 18.2 Å².